The summed E-state index contributed by atoms with van der Waals surface area (Å²) in [4.78, 5) is 31.7. The quantitative estimate of drug-likeness (QED) is 0.469. The van der Waals surface area contributed by atoms with Crippen molar-refractivity contribution in [3.63, 3.8) is 0 Å². The summed E-state index contributed by atoms with van der Waals surface area (Å²) in [6, 6.07) is 20.4. The van der Waals surface area contributed by atoms with Crippen LogP contribution in [0.2, 0.25) is 0 Å². The summed E-state index contributed by atoms with van der Waals surface area (Å²) in [5, 5.41) is 1.96. The molecular weight excluding hydrogens is 428 g/mol. The molecule has 0 aliphatic carbocycles. The lowest BCUT2D eigenvalue weighted by atomic mass is 9.90. The fourth-order valence-electron chi connectivity index (χ4n) is 5.08. The van der Waals surface area contributed by atoms with Gasteiger partial charge in [-0.15, -0.1) is 11.3 Å². The van der Waals surface area contributed by atoms with Gasteiger partial charge in [0.15, 0.2) is 0 Å². The smallest absolute Gasteiger partial charge is 0.282 e. The first-order valence-corrected chi connectivity index (χ1v) is 12.4. The molecule has 4 nitrogen and oxygen atoms in total. The van der Waals surface area contributed by atoms with Crippen LogP contribution in [0.5, 0.6) is 0 Å². The molecule has 1 saturated heterocycles. The number of rotatable bonds is 5. The predicted molar refractivity (Wildman–Crippen MR) is 134 cm³/mol. The Balaban J connectivity index is 1.43. The van der Waals surface area contributed by atoms with E-state index in [1.54, 1.807) is 0 Å². The number of piperidine rings is 1. The van der Waals surface area contributed by atoms with E-state index in [1.165, 1.54) is 21.8 Å². The Bertz CT molecular complexity index is 1190. The number of nitrogens with zero attached hydrogens (tertiary/aromatic N) is 2. The van der Waals surface area contributed by atoms with E-state index in [0.29, 0.717) is 22.9 Å². The van der Waals surface area contributed by atoms with Gasteiger partial charge in [-0.2, -0.15) is 0 Å². The minimum Gasteiger partial charge on any atom is -0.366 e. The molecule has 0 spiro atoms. The standard InChI is InChI=1S/C28H28N2O2S/c1-19-15-20(2)17-23(16-19)30-27(31)25(24-9-6-14-33-24)26(28(30)32)29-12-10-22(11-13-29)18-21-7-4-3-5-8-21/h3-9,14-17,22H,10-13,18H2,1-2H3. The first-order chi connectivity index (χ1) is 16.0. The second-order valence-electron chi connectivity index (χ2n) is 9.11. The van der Waals surface area contributed by atoms with Crippen molar-refractivity contribution in [2.75, 3.05) is 18.0 Å². The summed E-state index contributed by atoms with van der Waals surface area (Å²) in [6.07, 6.45) is 3.09. The molecule has 1 aromatic heterocycles. The molecule has 2 aliphatic heterocycles. The second-order valence-corrected chi connectivity index (χ2v) is 10.1. The van der Waals surface area contributed by atoms with Crippen molar-refractivity contribution >= 4 is 34.4 Å². The van der Waals surface area contributed by atoms with Crippen LogP contribution >= 0.6 is 11.3 Å². The van der Waals surface area contributed by atoms with Crippen LogP contribution in [-0.4, -0.2) is 29.8 Å². The highest BCUT2D eigenvalue weighted by molar-refractivity contribution is 7.11. The first-order valence-electron chi connectivity index (χ1n) is 11.6. The third kappa shape index (κ3) is 4.25. The average molecular weight is 457 g/mol. The van der Waals surface area contributed by atoms with Gasteiger partial charge in [0.2, 0.25) is 0 Å². The highest BCUT2D eigenvalue weighted by Crippen LogP contribution is 2.38. The van der Waals surface area contributed by atoms with Gasteiger partial charge in [-0.3, -0.25) is 9.59 Å². The van der Waals surface area contributed by atoms with Gasteiger partial charge in [-0.05, 0) is 79.3 Å². The molecule has 1 fully saturated rings. The van der Waals surface area contributed by atoms with Crippen molar-refractivity contribution in [2.45, 2.75) is 33.1 Å². The van der Waals surface area contributed by atoms with Crippen LogP contribution in [0, 0.1) is 19.8 Å². The van der Waals surface area contributed by atoms with E-state index in [4.69, 9.17) is 0 Å². The van der Waals surface area contributed by atoms with Crippen molar-refractivity contribution < 1.29 is 9.59 Å². The zero-order chi connectivity index (χ0) is 22.9. The molecule has 0 radical (unpaired) electrons. The number of anilines is 1. The minimum atomic E-state index is -0.214. The summed E-state index contributed by atoms with van der Waals surface area (Å²) >= 11 is 1.52. The second kappa shape index (κ2) is 8.99. The van der Waals surface area contributed by atoms with Crippen molar-refractivity contribution in [3.05, 3.63) is 93.3 Å². The first kappa shape index (κ1) is 21.7. The van der Waals surface area contributed by atoms with Gasteiger partial charge in [0.05, 0.1) is 11.3 Å². The lowest BCUT2D eigenvalue weighted by Gasteiger charge is -2.34. The van der Waals surface area contributed by atoms with Crippen LogP contribution in [0.4, 0.5) is 5.69 Å². The monoisotopic (exact) mass is 456 g/mol. The molecule has 0 N–H and O–H groups in total. The normalized spacial score (nSPS) is 17.4. The Morgan fingerprint density at radius 1 is 0.879 bits per heavy atom. The molecule has 2 aromatic carbocycles. The SMILES string of the molecule is Cc1cc(C)cc(N2C(=O)C(c3cccs3)=C(N3CCC(Cc4ccccc4)CC3)C2=O)c1. The maximum atomic E-state index is 13.7. The van der Waals surface area contributed by atoms with Crippen LogP contribution in [0.1, 0.15) is 34.4 Å². The summed E-state index contributed by atoms with van der Waals surface area (Å²) < 4.78 is 0. The van der Waals surface area contributed by atoms with Crippen molar-refractivity contribution in [1.82, 2.24) is 4.90 Å². The maximum Gasteiger partial charge on any atom is 0.282 e. The summed E-state index contributed by atoms with van der Waals surface area (Å²) in [5.74, 6) is 0.181. The lowest BCUT2D eigenvalue weighted by Crippen LogP contribution is -2.39. The Labute approximate surface area is 199 Å². The van der Waals surface area contributed by atoms with Gasteiger partial charge in [0.25, 0.3) is 11.8 Å². The Hall–Kier alpha value is -3.18. The molecule has 2 amide bonds. The molecule has 3 heterocycles. The van der Waals surface area contributed by atoms with Crippen molar-refractivity contribution in [2.24, 2.45) is 5.92 Å². The van der Waals surface area contributed by atoms with E-state index in [0.717, 1.165) is 48.4 Å². The van der Waals surface area contributed by atoms with Gasteiger partial charge in [-0.1, -0.05) is 42.5 Å². The molecule has 0 saturated carbocycles. The average Bonchev–Trinajstić information content (AvgIpc) is 3.40. The largest absolute Gasteiger partial charge is 0.366 e. The van der Waals surface area contributed by atoms with Gasteiger partial charge >= 0.3 is 0 Å². The van der Waals surface area contributed by atoms with Crippen molar-refractivity contribution in [1.29, 1.82) is 0 Å². The third-order valence-corrected chi connectivity index (χ3v) is 7.48. The number of likely N-dealkylation sites (tertiary alicyclic amines) is 1. The zero-order valence-electron chi connectivity index (χ0n) is 19.1. The van der Waals surface area contributed by atoms with E-state index in [2.05, 4.69) is 41.3 Å². The Morgan fingerprint density at radius 2 is 1.58 bits per heavy atom. The molecule has 5 heteroatoms. The Morgan fingerprint density at radius 3 is 2.21 bits per heavy atom. The lowest BCUT2D eigenvalue weighted by molar-refractivity contribution is -0.120. The summed E-state index contributed by atoms with van der Waals surface area (Å²) in [7, 11) is 0. The number of hydrogen-bond acceptors (Lipinski definition) is 4. The molecule has 0 atom stereocenters. The van der Waals surface area contributed by atoms with Crippen LogP contribution in [0.25, 0.3) is 5.57 Å². The third-order valence-electron chi connectivity index (χ3n) is 6.59. The van der Waals surface area contributed by atoms with Crippen LogP contribution < -0.4 is 4.90 Å². The Kier molecular flexibility index (Phi) is 5.90. The number of thiophene rings is 1. The van der Waals surface area contributed by atoms with Gasteiger partial charge < -0.3 is 4.90 Å². The van der Waals surface area contributed by atoms with E-state index < -0.39 is 0 Å². The molecule has 2 aliphatic rings. The molecule has 168 valence electrons. The molecular formula is C28H28N2O2S. The number of carbonyl (C=O) groups excluding carboxylic acids is 2. The zero-order valence-corrected chi connectivity index (χ0v) is 19.9. The predicted octanol–water partition coefficient (Wildman–Crippen LogP) is 5.60. The van der Waals surface area contributed by atoms with E-state index in [-0.39, 0.29) is 11.8 Å². The maximum absolute atomic E-state index is 13.7. The van der Waals surface area contributed by atoms with Gasteiger partial charge in [-0.25, -0.2) is 4.90 Å². The topological polar surface area (TPSA) is 40.6 Å². The fourth-order valence-corrected chi connectivity index (χ4v) is 5.84. The summed E-state index contributed by atoms with van der Waals surface area (Å²) in [6.45, 7) is 5.57. The molecule has 33 heavy (non-hydrogen) atoms. The number of imide groups is 1. The molecule has 3 aromatic rings. The van der Waals surface area contributed by atoms with Crippen LogP contribution in [0.15, 0.2) is 71.7 Å². The van der Waals surface area contributed by atoms with Crippen molar-refractivity contribution in [3.8, 4) is 0 Å². The highest BCUT2D eigenvalue weighted by atomic mass is 32.1. The highest BCUT2D eigenvalue weighted by Gasteiger charge is 2.43. The van der Waals surface area contributed by atoms with Gasteiger partial charge in [0.1, 0.15) is 5.70 Å². The number of aryl methyl sites for hydroxylation is 2. The molecule has 0 bridgehead atoms. The number of benzene rings is 2. The van der Waals surface area contributed by atoms with Crippen LogP contribution in [0.3, 0.4) is 0 Å². The summed E-state index contributed by atoms with van der Waals surface area (Å²) in [5.41, 5.74) is 5.22. The van der Waals surface area contributed by atoms with Crippen LogP contribution in [-0.2, 0) is 16.0 Å². The van der Waals surface area contributed by atoms with E-state index >= 15 is 0 Å². The number of carbonyl (C=O) groups is 2. The van der Waals surface area contributed by atoms with E-state index in [1.807, 2.05) is 43.5 Å². The number of hydrogen-bond donors (Lipinski definition) is 0. The minimum absolute atomic E-state index is 0.199. The fraction of sp³-hybridized carbons (Fsp3) is 0.286. The molecule has 5 rings (SSSR count). The molecule has 0 unspecified atom stereocenters. The van der Waals surface area contributed by atoms with E-state index in [9.17, 15) is 9.59 Å². The van der Waals surface area contributed by atoms with Gasteiger partial charge in [0, 0.05) is 18.0 Å². The number of amides is 2.